The quantitative estimate of drug-likeness (QED) is 0.671. The van der Waals surface area contributed by atoms with Crippen LogP contribution in [0.2, 0.25) is 5.02 Å². The van der Waals surface area contributed by atoms with Gasteiger partial charge in [-0.1, -0.05) is 23.7 Å². The van der Waals surface area contributed by atoms with Gasteiger partial charge in [-0.2, -0.15) is 5.10 Å². The minimum atomic E-state index is -0.0613. The summed E-state index contributed by atoms with van der Waals surface area (Å²) >= 11 is 6.08. The molecule has 0 unspecified atom stereocenters. The zero-order valence-electron chi connectivity index (χ0n) is 16.3. The number of carbonyl (C=O) groups is 2. The van der Waals surface area contributed by atoms with Gasteiger partial charge < -0.3 is 15.1 Å². The van der Waals surface area contributed by atoms with Crippen molar-refractivity contribution in [2.24, 2.45) is 0 Å². The van der Waals surface area contributed by atoms with Crippen molar-refractivity contribution in [3.8, 4) is 0 Å². The van der Waals surface area contributed by atoms with E-state index in [1.165, 1.54) is 4.90 Å². The van der Waals surface area contributed by atoms with E-state index >= 15 is 0 Å². The molecule has 0 saturated carbocycles. The Morgan fingerprint density at radius 2 is 1.96 bits per heavy atom. The number of aromatic amines is 1. The lowest BCUT2D eigenvalue weighted by molar-refractivity contribution is -0.895. The van der Waals surface area contributed by atoms with E-state index in [4.69, 9.17) is 11.6 Å². The Balaban J connectivity index is 1.42. The van der Waals surface area contributed by atoms with Crippen molar-refractivity contribution in [3.63, 3.8) is 0 Å². The normalized spacial score (nSPS) is 14.9. The van der Waals surface area contributed by atoms with Crippen LogP contribution in [0.5, 0.6) is 0 Å². The number of anilines is 1. The first-order valence-corrected chi connectivity index (χ1v) is 9.98. The molecule has 2 amide bonds. The number of para-hydroxylation sites is 1. The zero-order valence-corrected chi connectivity index (χ0v) is 17.1. The second-order valence-corrected chi connectivity index (χ2v) is 7.66. The van der Waals surface area contributed by atoms with Crippen LogP contribution in [0, 0.1) is 13.8 Å². The third-order valence-corrected chi connectivity index (χ3v) is 5.58. The highest BCUT2D eigenvalue weighted by Crippen LogP contribution is 2.20. The second-order valence-electron chi connectivity index (χ2n) is 7.25. The Morgan fingerprint density at radius 1 is 1.25 bits per heavy atom. The summed E-state index contributed by atoms with van der Waals surface area (Å²) in [5.41, 5.74) is 3.76. The molecule has 2 heterocycles. The Morgan fingerprint density at radius 3 is 2.61 bits per heavy atom. The summed E-state index contributed by atoms with van der Waals surface area (Å²) in [6, 6.07) is 7.20. The van der Waals surface area contributed by atoms with Crippen LogP contribution in [0.15, 0.2) is 24.3 Å². The number of amides is 2. The fraction of sp³-hybridized carbons (Fsp3) is 0.450. The number of H-pyrrole nitrogens is 1. The number of rotatable bonds is 6. The standard InChI is InChI=1S/C20H26ClN5O2/c1-14-16(15(2)24-23-14)7-8-20(28)26-11-9-25(10-12-26)13-19(27)22-18-6-4-3-5-17(18)21/h3-6H,7-13H2,1-2H3,(H,22,27)(H,23,24)/p+1. The SMILES string of the molecule is Cc1n[nH]c(C)c1CCC(=O)N1CC[NH+](CC(=O)Nc2ccccc2Cl)CC1. The molecule has 2 aromatic rings. The van der Waals surface area contributed by atoms with Crippen LogP contribution >= 0.6 is 11.6 Å². The highest BCUT2D eigenvalue weighted by Gasteiger charge is 2.25. The van der Waals surface area contributed by atoms with E-state index in [0.29, 0.717) is 43.2 Å². The second kappa shape index (κ2) is 9.21. The van der Waals surface area contributed by atoms with Crippen molar-refractivity contribution < 1.29 is 14.5 Å². The van der Waals surface area contributed by atoms with E-state index in [1.807, 2.05) is 30.9 Å². The number of aromatic nitrogens is 2. The molecule has 1 aliphatic heterocycles. The number of hydrogen-bond donors (Lipinski definition) is 3. The predicted molar refractivity (Wildman–Crippen MR) is 109 cm³/mol. The summed E-state index contributed by atoms with van der Waals surface area (Å²) in [7, 11) is 0. The van der Waals surface area contributed by atoms with Crippen LogP contribution in [0.3, 0.4) is 0 Å². The third-order valence-electron chi connectivity index (χ3n) is 5.25. The number of nitrogens with zero attached hydrogens (tertiary/aromatic N) is 2. The van der Waals surface area contributed by atoms with E-state index in [-0.39, 0.29) is 11.8 Å². The molecular weight excluding hydrogens is 378 g/mol. The van der Waals surface area contributed by atoms with Gasteiger partial charge in [-0.25, -0.2) is 0 Å². The number of carbonyl (C=O) groups excluding carboxylic acids is 2. The molecule has 0 radical (unpaired) electrons. The van der Waals surface area contributed by atoms with E-state index in [1.54, 1.807) is 12.1 Å². The smallest absolute Gasteiger partial charge is 0.279 e. The lowest BCUT2D eigenvalue weighted by atomic mass is 10.1. The number of nitrogens with one attached hydrogen (secondary N) is 3. The summed E-state index contributed by atoms with van der Waals surface area (Å²) in [4.78, 5) is 27.9. The molecule has 0 bridgehead atoms. The third kappa shape index (κ3) is 5.11. The number of benzene rings is 1. The molecule has 1 aromatic heterocycles. The maximum absolute atomic E-state index is 12.5. The van der Waals surface area contributed by atoms with Crippen LogP contribution in [0.1, 0.15) is 23.4 Å². The molecule has 3 N–H and O–H groups in total. The first-order chi connectivity index (χ1) is 13.4. The zero-order chi connectivity index (χ0) is 20.1. The molecule has 8 heteroatoms. The fourth-order valence-electron chi connectivity index (χ4n) is 3.57. The van der Waals surface area contributed by atoms with E-state index in [2.05, 4.69) is 15.5 Å². The molecule has 3 rings (SSSR count). The van der Waals surface area contributed by atoms with Crippen LogP contribution in [-0.4, -0.2) is 59.6 Å². The van der Waals surface area contributed by atoms with Crippen molar-refractivity contribution in [2.75, 3.05) is 38.0 Å². The minimum absolute atomic E-state index is 0.0613. The van der Waals surface area contributed by atoms with E-state index < -0.39 is 0 Å². The van der Waals surface area contributed by atoms with E-state index in [9.17, 15) is 9.59 Å². The van der Waals surface area contributed by atoms with E-state index in [0.717, 1.165) is 30.0 Å². The summed E-state index contributed by atoms with van der Waals surface area (Å²) < 4.78 is 0. The molecular formula is C20H27ClN5O2+. The van der Waals surface area contributed by atoms with Crippen LogP contribution in [0.25, 0.3) is 0 Å². The topological polar surface area (TPSA) is 82.5 Å². The van der Waals surface area contributed by atoms with Crippen molar-refractivity contribution in [2.45, 2.75) is 26.7 Å². The van der Waals surface area contributed by atoms with Gasteiger partial charge in [0.1, 0.15) is 0 Å². The summed E-state index contributed by atoms with van der Waals surface area (Å²) in [5.74, 6) is 0.105. The maximum Gasteiger partial charge on any atom is 0.279 e. The molecule has 1 aliphatic rings. The number of halogens is 1. The van der Waals surface area contributed by atoms with Gasteiger partial charge in [-0.15, -0.1) is 0 Å². The maximum atomic E-state index is 12.5. The van der Waals surface area contributed by atoms with Crippen molar-refractivity contribution in [1.82, 2.24) is 15.1 Å². The van der Waals surface area contributed by atoms with Crippen molar-refractivity contribution in [1.29, 1.82) is 0 Å². The highest BCUT2D eigenvalue weighted by molar-refractivity contribution is 6.33. The van der Waals surface area contributed by atoms with Gasteiger partial charge in [0.05, 0.1) is 42.6 Å². The summed E-state index contributed by atoms with van der Waals surface area (Å²) in [6.45, 7) is 7.21. The lowest BCUT2D eigenvalue weighted by Crippen LogP contribution is -3.15. The molecule has 1 fully saturated rings. The largest absolute Gasteiger partial charge is 0.331 e. The monoisotopic (exact) mass is 404 g/mol. The molecule has 7 nitrogen and oxygen atoms in total. The highest BCUT2D eigenvalue weighted by atomic mass is 35.5. The van der Waals surface area contributed by atoms with Gasteiger partial charge in [0, 0.05) is 12.1 Å². The molecule has 0 aliphatic carbocycles. The summed E-state index contributed by atoms with van der Waals surface area (Å²) in [5, 5.41) is 10.5. The number of aryl methyl sites for hydroxylation is 2. The van der Waals surface area contributed by atoms with Crippen LogP contribution < -0.4 is 10.2 Å². The van der Waals surface area contributed by atoms with Gasteiger partial charge in [-0.05, 0) is 38.0 Å². The molecule has 150 valence electrons. The van der Waals surface area contributed by atoms with Crippen LogP contribution in [-0.2, 0) is 16.0 Å². The van der Waals surface area contributed by atoms with Gasteiger partial charge in [0.15, 0.2) is 6.54 Å². The minimum Gasteiger partial charge on any atom is -0.331 e. The lowest BCUT2D eigenvalue weighted by Gasteiger charge is -2.32. The Hall–Kier alpha value is -2.38. The van der Waals surface area contributed by atoms with Crippen LogP contribution in [0.4, 0.5) is 5.69 Å². The molecule has 0 spiro atoms. The number of quaternary nitrogens is 1. The molecule has 0 atom stereocenters. The molecule has 1 saturated heterocycles. The Kier molecular flexibility index (Phi) is 6.70. The van der Waals surface area contributed by atoms with Gasteiger partial charge in [0.2, 0.25) is 5.91 Å². The first kappa shape index (κ1) is 20.4. The number of hydrogen-bond acceptors (Lipinski definition) is 3. The van der Waals surface area contributed by atoms with Gasteiger partial charge >= 0.3 is 0 Å². The Bertz CT molecular complexity index is 823. The van der Waals surface area contributed by atoms with Gasteiger partial charge in [-0.3, -0.25) is 14.7 Å². The molecule has 1 aromatic carbocycles. The summed E-state index contributed by atoms with van der Waals surface area (Å²) in [6.07, 6.45) is 1.20. The Labute approximate surface area is 170 Å². The van der Waals surface area contributed by atoms with Crippen molar-refractivity contribution >= 4 is 29.1 Å². The average Bonchev–Trinajstić information content (AvgIpc) is 3.00. The average molecular weight is 405 g/mol. The number of piperazine rings is 1. The van der Waals surface area contributed by atoms with Gasteiger partial charge in [0.25, 0.3) is 5.91 Å². The first-order valence-electron chi connectivity index (χ1n) is 9.60. The fourth-order valence-corrected chi connectivity index (χ4v) is 3.75. The van der Waals surface area contributed by atoms with Crippen molar-refractivity contribution in [3.05, 3.63) is 46.2 Å². The predicted octanol–water partition coefficient (Wildman–Crippen LogP) is 0.978. The molecule has 28 heavy (non-hydrogen) atoms.